The molecule has 3 aromatic rings. The fraction of sp³-hybridized carbons (Fsp3) is 0.136. The molecule has 0 aliphatic heterocycles. The highest BCUT2D eigenvalue weighted by Gasteiger charge is 2.16. The van der Waals surface area contributed by atoms with Crippen molar-refractivity contribution in [2.75, 3.05) is 0 Å². The molecule has 142 valence electrons. The standard InChI is InChI=1S/C22H20ClN3O2/c1-15-13-19(23)10-11-20(15)28-16(2)22(27)26-25-21(17-7-4-3-5-8-17)18-9-6-12-24-14-18/h3-14,16H,1-2H3,(H,26,27)/b25-21+. The van der Waals surface area contributed by atoms with Crippen molar-refractivity contribution in [2.45, 2.75) is 20.0 Å². The molecular formula is C22H20ClN3O2. The first kappa shape index (κ1) is 19.6. The molecule has 1 aromatic heterocycles. The number of hydrazone groups is 1. The first-order valence-corrected chi connectivity index (χ1v) is 9.18. The number of aryl methyl sites for hydroxylation is 1. The van der Waals surface area contributed by atoms with Gasteiger partial charge in [-0.2, -0.15) is 5.10 Å². The molecule has 1 heterocycles. The maximum absolute atomic E-state index is 12.5. The minimum absolute atomic E-state index is 0.355. The second-order valence-electron chi connectivity index (χ2n) is 6.21. The molecule has 0 radical (unpaired) electrons. The third-order valence-electron chi connectivity index (χ3n) is 4.07. The number of carbonyl (C=O) groups is 1. The molecule has 1 atom stereocenters. The quantitative estimate of drug-likeness (QED) is 0.499. The van der Waals surface area contributed by atoms with Crippen molar-refractivity contribution in [3.8, 4) is 5.75 Å². The van der Waals surface area contributed by atoms with Gasteiger partial charge in [-0.05, 0) is 49.7 Å². The number of nitrogens with zero attached hydrogens (tertiary/aromatic N) is 2. The number of pyridine rings is 1. The van der Waals surface area contributed by atoms with E-state index in [1.807, 2.05) is 49.4 Å². The van der Waals surface area contributed by atoms with Gasteiger partial charge in [0.2, 0.25) is 0 Å². The number of carbonyl (C=O) groups excluding carboxylic acids is 1. The van der Waals surface area contributed by atoms with E-state index < -0.39 is 6.10 Å². The molecule has 1 N–H and O–H groups in total. The van der Waals surface area contributed by atoms with E-state index in [9.17, 15) is 4.79 Å². The van der Waals surface area contributed by atoms with Crippen molar-refractivity contribution < 1.29 is 9.53 Å². The van der Waals surface area contributed by atoms with E-state index in [1.165, 1.54) is 0 Å². The minimum Gasteiger partial charge on any atom is -0.481 e. The van der Waals surface area contributed by atoms with Crippen molar-refractivity contribution in [1.82, 2.24) is 10.4 Å². The summed E-state index contributed by atoms with van der Waals surface area (Å²) < 4.78 is 5.75. The van der Waals surface area contributed by atoms with E-state index in [0.29, 0.717) is 16.5 Å². The van der Waals surface area contributed by atoms with Gasteiger partial charge in [0.25, 0.3) is 5.91 Å². The molecule has 1 unspecified atom stereocenters. The van der Waals surface area contributed by atoms with Crippen molar-refractivity contribution in [3.05, 3.63) is 94.8 Å². The summed E-state index contributed by atoms with van der Waals surface area (Å²) in [5, 5.41) is 4.96. The highest BCUT2D eigenvalue weighted by Crippen LogP contribution is 2.22. The van der Waals surface area contributed by atoms with E-state index in [-0.39, 0.29) is 5.91 Å². The molecule has 0 aliphatic carbocycles. The first-order chi connectivity index (χ1) is 13.5. The Bertz CT molecular complexity index is 934. The summed E-state index contributed by atoms with van der Waals surface area (Å²) in [6, 6.07) is 18.6. The van der Waals surface area contributed by atoms with Crippen LogP contribution in [-0.2, 0) is 4.79 Å². The van der Waals surface area contributed by atoms with Crippen LogP contribution in [0.5, 0.6) is 5.75 Å². The van der Waals surface area contributed by atoms with Crippen molar-refractivity contribution in [2.24, 2.45) is 5.10 Å². The molecule has 1 amide bonds. The fourth-order valence-electron chi connectivity index (χ4n) is 2.59. The lowest BCUT2D eigenvalue weighted by molar-refractivity contribution is -0.127. The van der Waals surface area contributed by atoms with Crippen molar-refractivity contribution in [3.63, 3.8) is 0 Å². The molecule has 0 aliphatic rings. The topological polar surface area (TPSA) is 63.6 Å². The maximum Gasteiger partial charge on any atom is 0.280 e. The van der Waals surface area contributed by atoms with Crippen LogP contribution in [0, 0.1) is 6.92 Å². The lowest BCUT2D eigenvalue weighted by Crippen LogP contribution is -2.34. The van der Waals surface area contributed by atoms with Gasteiger partial charge in [-0.1, -0.05) is 41.9 Å². The fourth-order valence-corrected chi connectivity index (χ4v) is 2.81. The molecule has 0 spiro atoms. The Morgan fingerprint density at radius 1 is 1.11 bits per heavy atom. The summed E-state index contributed by atoms with van der Waals surface area (Å²) in [6.07, 6.45) is 2.67. The third kappa shape index (κ3) is 4.96. The van der Waals surface area contributed by atoms with Crippen LogP contribution >= 0.6 is 11.6 Å². The van der Waals surface area contributed by atoms with Gasteiger partial charge in [0, 0.05) is 28.5 Å². The van der Waals surface area contributed by atoms with Crippen LogP contribution in [0.1, 0.15) is 23.6 Å². The van der Waals surface area contributed by atoms with Gasteiger partial charge >= 0.3 is 0 Å². The zero-order chi connectivity index (χ0) is 19.9. The maximum atomic E-state index is 12.5. The average molecular weight is 394 g/mol. The van der Waals surface area contributed by atoms with Crippen LogP contribution in [0.15, 0.2) is 78.2 Å². The summed E-state index contributed by atoms with van der Waals surface area (Å²) in [4.78, 5) is 16.6. The van der Waals surface area contributed by atoms with Gasteiger partial charge in [0.1, 0.15) is 5.75 Å². The summed E-state index contributed by atoms with van der Waals surface area (Å²) >= 11 is 5.96. The zero-order valence-corrected chi connectivity index (χ0v) is 16.4. The molecule has 3 rings (SSSR count). The Morgan fingerprint density at radius 2 is 1.86 bits per heavy atom. The predicted octanol–water partition coefficient (Wildman–Crippen LogP) is 4.38. The van der Waals surface area contributed by atoms with Crippen LogP contribution in [-0.4, -0.2) is 22.7 Å². The number of hydrogen-bond donors (Lipinski definition) is 1. The molecular weight excluding hydrogens is 374 g/mol. The molecule has 28 heavy (non-hydrogen) atoms. The number of aromatic nitrogens is 1. The normalized spacial score (nSPS) is 12.3. The monoisotopic (exact) mass is 393 g/mol. The third-order valence-corrected chi connectivity index (χ3v) is 4.31. The van der Waals surface area contributed by atoms with Crippen LogP contribution < -0.4 is 10.2 Å². The van der Waals surface area contributed by atoms with Gasteiger partial charge in [0.05, 0.1) is 5.71 Å². The van der Waals surface area contributed by atoms with Crippen LogP contribution in [0.25, 0.3) is 0 Å². The second kappa shape index (κ2) is 9.15. The van der Waals surface area contributed by atoms with E-state index in [4.69, 9.17) is 16.3 Å². The van der Waals surface area contributed by atoms with E-state index in [2.05, 4.69) is 15.5 Å². The number of hydrogen-bond acceptors (Lipinski definition) is 4. The molecule has 0 bridgehead atoms. The van der Waals surface area contributed by atoms with Gasteiger partial charge in [-0.3, -0.25) is 9.78 Å². The van der Waals surface area contributed by atoms with Crippen LogP contribution in [0.2, 0.25) is 5.02 Å². The van der Waals surface area contributed by atoms with Crippen molar-refractivity contribution >= 4 is 23.2 Å². The molecule has 6 heteroatoms. The number of rotatable bonds is 6. The largest absolute Gasteiger partial charge is 0.481 e. The SMILES string of the molecule is Cc1cc(Cl)ccc1OC(C)C(=O)N/N=C(\c1ccccc1)c1cccnc1. The molecule has 2 aromatic carbocycles. The van der Waals surface area contributed by atoms with Gasteiger partial charge < -0.3 is 4.74 Å². The molecule has 5 nitrogen and oxygen atoms in total. The number of ether oxygens (including phenoxy) is 1. The number of benzene rings is 2. The Kier molecular flexibility index (Phi) is 6.40. The summed E-state index contributed by atoms with van der Waals surface area (Å²) in [5.41, 5.74) is 5.76. The summed E-state index contributed by atoms with van der Waals surface area (Å²) in [6.45, 7) is 3.55. The van der Waals surface area contributed by atoms with Gasteiger partial charge in [-0.15, -0.1) is 0 Å². The average Bonchev–Trinajstić information content (AvgIpc) is 2.71. The van der Waals surface area contributed by atoms with Crippen molar-refractivity contribution in [1.29, 1.82) is 0 Å². The van der Waals surface area contributed by atoms with Crippen LogP contribution in [0.3, 0.4) is 0 Å². The van der Waals surface area contributed by atoms with Gasteiger partial charge in [0.15, 0.2) is 6.10 Å². The number of halogens is 1. The number of nitrogens with one attached hydrogen (secondary N) is 1. The highest BCUT2D eigenvalue weighted by molar-refractivity contribution is 6.30. The highest BCUT2D eigenvalue weighted by atomic mass is 35.5. The van der Waals surface area contributed by atoms with E-state index in [1.54, 1.807) is 37.5 Å². The zero-order valence-electron chi connectivity index (χ0n) is 15.6. The lowest BCUT2D eigenvalue weighted by atomic mass is 10.0. The second-order valence-corrected chi connectivity index (χ2v) is 6.65. The van der Waals surface area contributed by atoms with E-state index >= 15 is 0 Å². The molecule has 0 fully saturated rings. The lowest BCUT2D eigenvalue weighted by Gasteiger charge is -2.15. The summed E-state index contributed by atoms with van der Waals surface area (Å²) in [5.74, 6) is 0.248. The Morgan fingerprint density at radius 3 is 2.54 bits per heavy atom. The predicted molar refractivity (Wildman–Crippen MR) is 111 cm³/mol. The molecule has 0 saturated carbocycles. The van der Waals surface area contributed by atoms with Gasteiger partial charge in [-0.25, -0.2) is 5.43 Å². The van der Waals surface area contributed by atoms with E-state index in [0.717, 1.165) is 16.7 Å². The Labute approximate surface area is 169 Å². The Hall–Kier alpha value is -3.18. The van der Waals surface area contributed by atoms with Crippen LogP contribution in [0.4, 0.5) is 0 Å². The summed E-state index contributed by atoms with van der Waals surface area (Å²) in [7, 11) is 0. The number of amides is 1. The minimum atomic E-state index is -0.727. The Balaban J connectivity index is 1.77. The first-order valence-electron chi connectivity index (χ1n) is 8.81. The smallest absolute Gasteiger partial charge is 0.280 e. The molecule has 0 saturated heterocycles.